The molecule has 17 nitrogen and oxygen atoms in total. The molecule has 0 saturated heterocycles. The van der Waals surface area contributed by atoms with Gasteiger partial charge in [0, 0.05) is 25.7 Å². The first-order valence-electron chi connectivity index (χ1n) is 43.5. The van der Waals surface area contributed by atoms with Crippen molar-refractivity contribution >= 4 is 39.5 Å². The number of hydrogen-bond acceptors (Lipinski definition) is 15. The highest BCUT2D eigenvalue weighted by atomic mass is 31.2. The number of carbonyl (C=O) groups is 4. The van der Waals surface area contributed by atoms with E-state index in [0.717, 1.165) is 102 Å². The minimum absolute atomic E-state index is 0.108. The summed E-state index contributed by atoms with van der Waals surface area (Å²) in [5.74, 6) is -0.495. The van der Waals surface area contributed by atoms with Crippen molar-refractivity contribution in [1.82, 2.24) is 0 Å². The molecule has 0 fully saturated rings. The van der Waals surface area contributed by atoms with Crippen LogP contribution in [0.25, 0.3) is 0 Å². The van der Waals surface area contributed by atoms with Gasteiger partial charge in [-0.3, -0.25) is 37.3 Å². The molecule has 0 radical (unpaired) electrons. The molecule has 0 aliphatic carbocycles. The first kappa shape index (κ1) is 101. The Kier molecular flexibility index (Phi) is 74.1. The van der Waals surface area contributed by atoms with Crippen molar-refractivity contribution in [3.63, 3.8) is 0 Å². The number of ether oxygens (including phenoxy) is 4. The SMILES string of the molecule is CCCCCCCCCCCCCCCCCCCC(=O)O[C@H](COC(=O)CCCCCCCCCCCC)COP(=O)(O)OC[C@H](O)COP(=O)(O)OC[C@@H](COC(=O)CCCCCCCCCCCCCCCCC(C)C)OC(=O)CCCCCCCCCCCCCCCCCCC(C)C. The van der Waals surface area contributed by atoms with Crippen LogP contribution in [0.2, 0.25) is 0 Å². The van der Waals surface area contributed by atoms with Gasteiger partial charge in [0.15, 0.2) is 12.2 Å². The molecule has 0 saturated carbocycles. The van der Waals surface area contributed by atoms with Crippen LogP contribution in [-0.2, 0) is 65.4 Å². The normalized spacial score (nSPS) is 13.9. The standard InChI is InChI=1S/C84H164O17P2/c1-7-9-11-13-15-17-19-20-21-22-26-33-38-44-50-56-62-68-83(88)100-79(72-94-81(86)66-60-54-48-42-18-16-14-12-10-8-2)74-98-102(90,91)96-70-78(85)71-97-103(92,93)99-75-80(73-95-82(87)67-61-55-49-43-37-32-29-28-31-36-41-47-53-59-65-77(5)6)101-84(89)69-63-57-51-45-39-34-27-24-23-25-30-35-40-46-52-58-64-76(3)4/h76-80,85H,7-75H2,1-6H3,(H,90,91)(H,92,93)/t78-,79+,80+/m0/s1. The lowest BCUT2D eigenvalue weighted by Crippen LogP contribution is -2.30. The molecule has 0 aliphatic heterocycles. The molecule has 5 atom stereocenters. The van der Waals surface area contributed by atoms with Crippen LogP contribution in [0.4, 0.5) is 0 Å². The van der Waals surface area contributed by atoms with Gasteiger partial charge in [-0.25, -0.2) is 9.13 Å². The number of rotatable bonds is 83. The lowest BCUT2D eigenvalue weighted by molar-refractivity contribution is -0.161. The molecule has 0 aromatic rings. The summed E-state index contributed by atoms with van der Waals surface area (Å²) in [5.41, 5.74) is 0. The van der Waals surface area contributed by atoms with Crippen LogP contribution in [0.3, 0.4) is 0 Å². The van der Waals surface area contributed by atoms with Crippen molar-refractivity contribution in [2.45, 2.75) is 464 Å². The number of phosphoric ester groups is 2. The molecule has 0 heterocycles. The summed E-state index contributed by atoms with van der Waals surface area (Å²) < 4.78 is 68.8. The fraction of sp³-hybridized carbons (Fsp3) is 0.952. The quantitative estimate of drug-likeness (QED) is 0.0222. The Balaban J connectivity index is 5.23. The molecule has 19 heteroatoms. The number of hydrogen-bond donors (Lipinski definition) is 3. The number of aliphatic hydroxyl groups excluding tert-OH is 1. The number of carbonyl (C=O) groups excluding carboxylic acids is 4. The summed E-state index contributed by atoms with van der Waals surface area (Å²) in [5, 5.41) is 10.7. The van der Waals surface area contributed by atoms with Gasteiger partial charge in [0.1, 0.15) is 19.3 Å². The van der Waals surface area contributed by atoms with Crippen molar-refractivity contribution in [2.75, 3.05) is 39.6 Å². The summed E-state index contributed by atoms with van der Waals surface area (Å²) in [6, 6.07) is 0. The van der Waals surface area contributed by atoms with Gasteiger partial charge in [0.05, 0.1) is 26.4 Å². The molecule has 0 rings (SSSR count). The molecular weight excluding hydrogens is 1340 g/mol. The molecule has 0 aromatic carbocycles. The van der Waals surface area contributed by atoms with Crippen molar-refractivity contribution in [3.8, 4) is 0 Å². The van der Waals surface area contributed by atoms with Crippen LogP contribution in [0.5, 0.6) is 0 Å². The Labute approximate surface area is 632 Å². The maximum absolute atomic E-state index is 13.1. The lowest BCUT2D eigenvalue weighted by Gasteiger charge is -2.21. The van der Waals surface area contributed by atoms with E-state index in [1.165, 1.54) is 263 Å². The molecule has 0 spiro atoms. The number of aliphatic hydroxyl groups is 1. The molecule has 612 valence electrons. The maximum Gasteiger partial charge on any atom is 0.472 e. The van der Waals surface area contributed by atoms with Crippen molar-refractivity contribution < 1.29 is 80.2 Å². The minimum atomic E-state index is -4.96. The molecule has 103 heavy (non-hydrogen) atoms. The van der Waals surface area contributed by atoms with Crippen LogP contribution >= 0.6 is 15.6 Å². The van der Waals surface area contributed by atoms with E-state index < -0.39 is 97.5 Å². The Hall–Kier alpha value is -1.94. The Morgan fingerprint density at radius 3 is 0.660 bits per heavy atom. The Bertz CT molecular complexity index is 1980. The van der Waals surface area contributed by atoms with E-state index in [-0.39, 0.29) is 25.7 Å². The van der Waals surface area contributed by atoms with E-state index >= 15 is 0 Å². The van der Waals surface area contributed by atoms with E-state index in [0.29, 0.717) is 25.7 Å². The second-order valence-electron chi connectivity index (χ2n) is 31.2. The van der Waals surface area contributed by atoms with E-state index in [2.05, 4.69) is 41.5 Å². The summed E-state index contributed by atoms with van der Waals surface area (Å²) in [6.45, 7) is 9.71. The molecule has 0 bridgehead atoms. The highest BCUT2D eigenvalue weighted by Crippen LogP contribution is 2.45. The largest absolute Gasteiger partial charge is 0.472 e. The average Bonchev–Trinajstić information content (AvgIpc) is 0.943. The Morgan fingerprint density at radius 1 is 0.262 bits per heavy atom. The number of esters is 4. The highest BCUT2D eigenvalue weighted by molar-refractivity contribution is 7.47. The zero-order valence-electron chi connectivity index (χ0n) is 67.6. The second-order valence-corrected chi connectivity index (χ2v) is 34.1. The lowest BCUT2D eigenvalue weighted by atomic mass is 10.0. The number of phosphoric acid groups is 2. The number of unbranched alkanes of at least 4 members (excludes halogenated alkanes) is 53. The van der Waals surface area contributed by atoms with Crippen molar-refractivity contribution in [3.05, 3.63) is 0 Å². The molecule has 2 unspecified atom stereocenters. The van der Waals surface area contributed by atoms with Crippen molar-refractivity contribution in [1.29, 1.82) is 0 Å². The third-order valence-electron chi connectivity index (χ3n) is 19.7. The van der Waals surface area contributed by atoms with Crippen LogP contribution in [0, 0.1) is 11.8 Å². The smallest absolute Gasteiger partial charge is 0.462 e. The van der Waals surface area contributed by atoms with Crippen molar-refractivity contribution in [2.24, 2.45) is 11.8 Å². The summed E-state index contributed by atoms with van der Waals surface area (Å²) in [4.78, 5) is 73.1. The zero-order chi connectivity index (χ0) is 75.6. The zero-order valence-corrected chi connectivity index (χ0v) is 69.4. The first-order chi connectivity index (χ1) is 49.9. The minimum Gasteiger partial charge on any atom is -0.462 e. The Morgan fingerprint density at radius 2 is 0.447 bits per heavy atom. The third-order valence-corrected chi connectivity index (χ3v) is 21.6. The molecule has 0 amide bonds. The molecule has 0 aliphatic rings. The van der Waals surface area contributed by atoms with Gasteiger partial charge in [-0.2, -0.15) is 0 Å². The first-order valence-corrected chi connectivity index (χ1v) is 46.5. The van der Waals surface area contributed by atoms with E-state index in [1.54, 1.807) is 0 Å². The monoisotopic (exact) mass is 1510 g/mol. The van der Waals surface area contributed by atoms with Gasteiger partial charge in [0.25, 0.3) is 0 Å². The maximum atomic E-state index is 13.1. The molecule has 3 N–H and O–H groups in total. The summed E-state index contributed by atoms with van der Waals surface area (Å²) in [7, 11) is -9.92. The van der Waals surface area contributed by atoms with Crippen LogP contribution < -0.4 is 0 Å². The third kappa shape index (κ3) is 78.0. The van der Waals surface area contributed by atoms with Gasteiger partial charge in [-0.05, 0) is 37.5 Å². The second kappa shape index (κ2) is 75.5. The van der Waals surface area contributed by atoms with Gasteiger partial charge in [0.2, 0.25) is 0 Å². The topological polar surface area (TPSA) is 237 Å². The van der Waals surface area contributed by atoms with Crippen LogP contribution in [-0.4, -0.2) is 96.7 Å². The molecule has 0 aromatic heterocycles. The van der Waals surface area contributed by atoms with E-state index in [1.807, 2.05) is 0 Å². The average molecular weight is 1510 g/mol. The highest BCUT2D eigenvalue weighted by Gasteiger charge is 2.30. The van der Waals surface area contributed by atoms with Gasteiger partial charge < -0.3 is 33.8 Å². The summed E-state index contributed by atoms with van der Waals surface area (Å²) >= 11 is 0. The summed E-state index contributed by atoms with van der Waals surface area (Å²) in [6.07, 6.45) is 66.5. The molecular formula is C84H164O17P2. The predicted molar refractivity (Wildman–Crippen MR) is 423 cm³/mol. The van der Waals surface area contributed by atoms with E-state index in [4.69, 9.17) is 37.0 Å². The predicted octanol–water partition coefficient (Wildman–Crippen LogP) is 25.5. The van der Waals surface area contributed by atoms with E-state index in [9.17, 15) is 43.2 Å². The van der Waals surface area contributed by atoms with Crippen LogP contribution in [0.1, 0.15) is 446 Å². The van der Waals surface area contributed by atoms with Gasteiger partial charge >= 0.3 is 39.5 Å². The van der Waals surface area contributed by atoms with Gasteiger partial charge in [-0.1, -0.05) is 395 Å². The van der Waals surface area contributed by atoms with Gasteiger partial charge in [-0.15, -0.1) is 0 Å². The fourth-order valence-corrected chi connectivity index (χ4v) is 14.6. The fourth-order valence-electron chi connectivity index (χ4n) is 13.1. The van der Waals surface area contributed by atoms with Crippen LogP contribution in [0.15, 0.2) is 0 Å².